The highest BCUT2D eigenvalue weighted by molar-refractivity contribution is 9.10. The van der Waals surface area contributed by atoms with E-state index in [9.17, 15) is 0 Å². The molecule has 1 saturated carbocycles. The van der Waals surface area contributed by atoms with Crippen LogP contribution in [0.5, 0.6) is 0 Å². The van der Waals surface area contributed by atoms with Crippen LogP contribution in [0.15, 0.2) is 28.7 Å². The van der Waals surface area contributed by atoms with Gasteiger partial charge in [-0.25, -0.2) is 0 Å². The van der Waals surface area contributed by atoms with Crippen LogP contribution in [0, 0.1) is 0 Å². The smallest absolute Gasteiger partial charge is 0.0432 e. The fraction of sp³-hybridized carbons (Fsp3) is 0.455. The lowest BCUT2D eigenvalue weighted by molar-refractivity contribution is 0.201. The van der Waals surface area contributed by atoms with Crippen LogP contribution < -0.4 is 5.32 Å². The molecule has 1 nitrogen and oxygen atoms in total. The van der Waals surface area contributed by atoms with Crippen molar-refractivity contribution in [3.05, 3.63) is 34.3 Å². The first-order valence-corrected chi connectivity index (χ1v) is 5.51. The van der Waals surface area contributed by atoms with Crippen LogP contribution in [0.4, 0.5) is 0 Å². The summed E-state index contributed by atoms with van der Waals surface area (Å²) in [7, 11) is 2.06. The van der Waals surface area contributed by atoms with E-state index in [0.29, 0.717) is 0 Å². The molecule has 0 radical (unpaired) electrons. The highest BCUT2D eigenvalue weighted by Crippen LogP contribution is 2.40. The van der Waals surface area contributed by atoms with Gasteiger partial charge in [-0.15, -0.1) is 0 Å². The van der Waals surface area contributed by atoms with E-state index in [-0.39, 0.29) is 5.54 Å². The van der Waals surface area contributed by atoms with E-state index >= 15 is 0 Å². The Morgan fingerprint density at radius 2 is 1.85 bits per heavy atom. The average molecular weight is 240 g/mol. The number of nitrogens with one attached hydrogen (secondary N) is 1. The Morgan fingerprint density at radius 3 is 2.23 bits per heavy atom. The molecule has 0 atom stereocenters. The summed E-state index contributed by atoms with van der Waals surface area (Å²) >= 11 is 3.45. The van der Waals surface area contributed by atoms with Crippen molar-refractivity contribution in [2.75, 3.05) is 7.05 Å². The number of rotatable bonds is 2. The van der Waals surface area contributed by atoms with Crippen LogP contribution in [0.25, 0.3) is 0 Å². The maximum Gasteiger partial charge on any atom is 0.0432 e. The zero-order valence-corrected chi connectivity index (χ0v) is 9.39. The van der Waals surface area contributed by atoms with Gasteiger partial charge in [0.05, 0.1) is 0 Å². The summed E-state index contributed by atoms with van der Waals surface area (Å²) in [6, 6.07) is 8.65. The Hall–Kier alpha value is -0.340. The number of hydrogen-bond donors (Lipinski definition) is 1. The van der Waals surface area contributed by atoms with Crippen molar-refractivity contribution in [3.63, 3.8) is 0 Å². The van der Waals surface area contributed by atoms with E-state index in [0.717, 1.165) is 4.47 Å². The zero-order chi connectivity index (χ0) is 9.31. The molecule has 1 aromatic carbocycles. The number of halogens is 1. The van der Waals surface area contributed by atoms with Crippen molar-refractivity contribution >= 4 is 15.9 Å². The molecule has 0 aromatic heterocycles. The largest absolute Gasteiger partial charge is 0.310 e. The summed E-state index contributed by atoms with van der Waals surface area (Å²) in [5, 5.41) is 3.44. The second kappa shape index (κ2) is 3.43. The number of benzene rings is 1. The molecule has 1 aromatic rings. The van der Waals surface area contributed by atoms with E-state index in [2.05, 4.69) is 52.6 Å². The van der Waals surface area contributed by atoms with Gasteiger partial charge in [-0.05, 0) is 44.0 Å². The zero-order valence-electron chi connectivity index (χ0n) is 7.81. The molecule has 0 amide bonds. The van der Waals surface area contributed by atoms with E-state index in [1.807, 2.05) is 0 Å². The van der Waals surface area contributed by atoms with Crippen molar-refractivity contribution in [3.8, 4) is 0 Å². The molecule has 70 valence electrons. The fourth-order valence-electron chi connectivity index (χ4n) is 1.98. The molecular formula is C11H14BrN. The van der Waals surface area contributed by atoms with Gasteiger partial charge < -0.3 is 5.32 Å². The monoisotopic (exact) mass is 239 g/mol. The normalized spacial score (nSPS) is 19.5. The van der Waals surface area contributed by atoms with Gasteiger partial charge in [0.15, 0.2) is 0 Å². The van der Waals surface area contributed by atoms with Crippen molar-refractivity contribution in [1.82, 2.24) is 5.32 Å². The van der Waals surface area contributed by atoms with E-state index < -0.39 is 0 Å². The molecule has 0 heterocycles. The van der Waals surface area contributed by atoms with Crippen molar-refractivity contribution in [2.45, 2.75) is 24.8 Å². The third-order valence-corrected chi connectivity index (χ3v) is 3.61. The molecule has 0 spiro atoms. The van der Waals surface area contributed by atoms with Crippen LogP contribution >= 0.6 is 15.9 Å². The quantitative estimate of drug-likeness (QED) is 0.837. The predicted molar refractivity (Wildman–Crippen MR) is 58.7 cm³/mol. The molecule has 0 saturated heterocycles. The summed E-state index contributed by atoms with van der Waals surface area (Å²) in [5.74, 6) is 0. The summed E-state index contributed by atoms with van der Waals surface area (Å²) < 4.78 is 1.15. The highest BCUT2D eigenvalue weighted by atomic mass is 79.9. The van der Waals surface area contributed by atoms with Gasteiger partial charge >= 0.3 is 0 Å². The third kappa shape index (κ3) is 1.53. The second-order valence-electron chi connectivity index (χ2n) is 3.69. The molecule has 0 unspecified atom stereocenters. The molecule has 2 rings (SSSR count). The van der Waals surface area contributed by atoms with Crippen LogP contribution in [0.1, 0.15) is 24.8 Å². The number of hydrogen-bond acceptors (Lipinski definition) is 1. The third-order valence-electron chi connectivity index (χ3n) is 3.08. The van der Waals surface area contributed by atoms with Gasteiger partial charge in [-0.3, -0.25) is 0 Å². The first-order chi connectivity index (χ1) is 6.27. The average Bonchev–Trinajstić information content (AvgIpc) is 2.07. The standard InChI is InChI=1S/C11H14BrN/c1-13-11(7-2-8-11)9-3-5-10(12)6-4-9/h3-6,13H,2,7-8H2,1H3. The van der Waals surface area contributed by atoms with Crippen molar-refractivity contribution in [1.29, 1.82) is 0 Å². The molecule has 13 heavy (non-hydrogen) atoms. The Morgan fingerprint density at radius 1 is 1.23 bits per heavy atom. The minimum atomic E-state index is 0.278. The van der Waals surface area contributed by atoms with Crippen molar-refractivity contribution in [2.24, 2.45) is 0 Å². The molecule has 1 fully saturated rings. The SMILES string of the molecule is CNC1(c2ccc(Br)cc2)CCC1. The predicted octanol–water partition coefficient (Wildman–Crippen LogP) is 3.05. The van der Waals surface area contributed by atoms with Crippen LogP contribution in [0.3, 0.4) is 0 Å². The van der Waals surface area contributed by atoms with Gasteiger partial charge in [-0.2, -0.15) is 0 Å². The second-order valence-corrected chi connectivity index (χ2v) is 4.61. The fourth-order valence-corrected chi connectivity index (χ4v) is 2.25. The topological polar surface area (TPSA) is 12.0 Å². The van der Waals surface area contributed by atoms with Crippen LogP contribution in [-0.4, -0.2) is 7.05 Å². The Labute approximate surface area is 87.7 Å². The lowest BCUT2D eigenvalue weighted by atomic mass is 9.72. The minimum Gasteiger partial charge on any atom is -0.310 e. The first kappa shape index (κ1) is 9.22. The van der Waals surface area contributed by atoms with Gasteiger partial charge in [-0.1, -0.05) is 28.1 Å². The molecule has 0 bridgehead atoms. The first-order valence-electron chi connectivity index (χ1n) is 4.72. The molecule has 2 heteroatoms. The van der Waals surface area contributed by atoms with E-state index in [1.165, 1.54) is 24.8 Å². The minimum absolute atomic E-state index is 0.278. The maximum atomic E-state index is 3.45. The summed E-state index contributed by atoms with van der Waals surface area (Å²) in [4.78, 5) is 0. The highest BCUT2D eigenvalue weighted by Gasteiger charge is 2.36. The van der Waals surface area contributed by atoms with E-state index in [4.69, 9.17) is 0 Å². The lowest BCUT2D eigenvalue weighted by Crippen LogP contribution is -2.45. The van der Waals surface area contributed by atoms with Crippen LogP contribution in [-0.2, 0) is 5.54 Å². The van der Waals surface area contributed by atoms with Gasteiger partial charge in [0, 0.05) is 10.0 Å². The maximum absolute atomic E-state index is 3.45. The molecule has 1 aliphatic carbocycles. The molecule has 1 N–H and O–H groups in total. The lowest BCUT2D eigenvalue weighted by Gasteiger charge is -2.42. The summed E-state index contributed by atoms with van der Waals surface area (Å²) in [6.45, 7) is 0. The van der Waals surface area contributed by atoms with Gasteiger partial charge in [0.25, 0.3) is 0 Å². The summed E-state index contributed by atoms with van der Waals surface area (Å²) in [5.41, 5.74) is 1.70. The Balaban J connectivity index is 2.28. The molecule has 0 aliphatic heterocycles. The van der Waals surface area contributed by atoms with Crippen LogP contribution in [0.2, 0.25) is 0 Å². The molecular weight excluding hydrogens is 226 g/mol. The van der Waals surface area contributed by atoms with E-state index in [1.54, 1.807) is 0 Å². The summed E-state index contributed by atoms with van der Waals surface area (Å²) in [6.07, 6.45) is 3.88. The van der Waals surface area contributed by atoms with Gasteiger partial charge in [0.1, 0.15) is 0 Å². The Bertz CT molecular complexity index is 282. The van der Waals surface area contributed by atoms with Gasteiger partial charge in [0.2, 0.25) is 0 Å². The molecule has 1 aliphatic rings. The van der Waals surface area contributed by atoms with Crippen molar-refractivity contribution < 1.29 is 0 Å². The Kier molecular flexibility index (Phi) is 2.43.